The topological polar surface area (TPSA) is 15.3 Å². The molecule has 18 heavy (non-hydrogen) atoms. The summed E-state index contributed by atoms with van der Waals surface area (Å²) in [5.74, 6) is 1.89. The molecule has 0 amide bonds. The lowest BCUT2D eigenvalue weighted by atomic mass is 9.98. The van der Waals surface area contributed by atoms with Crippen LogP contribution in [0.3, 0.4) is 0 Å². The molecule has 0 aromatic heterocycles. The molecule has 2 unspecified atom stereocenters. The molecule has 2 atom stereocenters. The predicted molar refractivity (Wildman–Crippen MR) is 78.9 cm³/mol. The van der Waals surface area contributed by atoms with Gasteiger partial charge in [0.1, 0.15) is 0 Å². The molecule has 1 saturated carbocycles. The molecule has 0 aromatic rings. The number of nitrogens with zero attached hydrogens (tertiary/aromatic N) is 1. The summed E-state index contributed by atoms with van der Waals surface area (Å²) in [6.45, 7) is 10.9. The smallest absolute Gasteiger partial charge is 0.0221 e. The summed E-state index contributed by atoms with van der Waals surface area (Å²) in [5, 5.41) is 3.78. The third-order valence-electron chi connectivity index (χ3n) is 4.51. The molecule has 0 aromatic carbocycles. The van der Waals surface area contributed by atoms with Crippen molar-refractivity contribution in [3.63, 3.8) is 0 Å². The summed E-state index contributed by atoms with van der Waals surface area (Å²) >= 11 is 0. The van der Waals surface area contributed by atoms with Gasteiger partial charge in [-0.3, -0.25) is 4.90 Å². The van der Waals surface area contributed by atoms with Gasteiger partial charge in [0, 0.05) is 25.2 Å². The Morgan fingerprint density at radius 3 is 2.61 bits per heavy atom. The van der Waals surface area contributed by atoms with Crippen molar-refractivity contribution in [3.05, 3.63) is 0 Å². The van der Waals surface area contributed by atoms with Gasteiger partial charge in [0.25, 0.3) is 0 Å². The summed E-state index contributed by atoms with van der Waals surface area (Å²) in [6.07, 6.45) is 8.47. The van der Waals surface area contributed by atoms with Crippen LogP contribution >= 0.6 is 0 Å². The first-order valence-corrected chi connectivity index (χ1v) is 8.16. The van der Waals surface area contributed by atoms with E-state index < -0.39 is 0 Å². The number of piperazine rings is 1. The minimum atomic E-state index is 0.734. The second-order valence-electron chi connectivity index (χ2n) is 6.90. The van der Waals surface area contributed by atoms with E-state index in [1.807, 2.05) is 0 Å². The molecule has 1 N–H and O–H groups in total. The lowest BCUT2D eigenvalue weighted by Gasteiger charge is -2.41. The Morgan fingerprint density at radius 2 is 2.00 bits per heavy atom. The third-order valence-corrected chi connectivity index (χ3v) is 4.51. The molecular formula is C16H32N2. The fraction of sp³-hybridized carbons (Fsp3) is 1.00. The van der Waals surface area contributed by atoms with Crippen molar-refractivity contribution in [1.29, 1.82) is 0 Å². The van der Waals surface area contributed by atoms with Gasteiger partial charge in [-0.05, 0) is 37.6 Å². The van der Waals surface area contributed by atoms with E-state index in [1.54, 1.807) is 0 Å². The molecule has 2 nitrogen and oxygen atoms in total. The molecule has 1 aliphatic carbocycles. The van der Waals surface area contributed by atoms with Gasteiger partial charge in [0.2, 0.25) is 0 Å². The first-order chi connectivity index (χ1) is 8.69. The van der Waals surface area contributed by atoms with E-state index in [0.717, 1.165) is 23.9 Å². The van der Waals surface area contributed by atoms with Crippen molar-refractivity contribution in [2.24, 2.45) is 11.8 Å². The van der Waals surface area contributed by atoms with Gasteiger partial charge in [-0.2, -0.15) is 0 Å². The van der Waals surface area contributed by atoms with Crippen molar-refractivity contribution in [2.45, 2.75) is 71.4 Å². The Hall–Kier alpha value is -0.0800. The molecular weight excluding hydrogens is 220 g/mol. The van der Waals surface area contributed by atoms with Gasteiger partial charge >= 0.3 is 0 Å². The van der Waals surface area contributed by atoms with Gasteiger partial charge in [-0.25, -0.2) is 0 Å². The Kier molecular flexibility index (Phi) is 5.50. The quantitative estimate of drug-likeness (QED) is 0.748. The van der Waals surface area contributed by atoms with Crippen LogP contribution in [-0.2, 0) is 0 Å². The summed E-state index contributed by atoms with van der Waals surface area (Å²) in [7, 11) is 0. The van der Waals surface area contributed by atoms with Crippen LogP contribution in [0.4, 0.5) is 0 Å². The largest absolute Gasteiger partial charge is 0.311 e. The van der Waals surface area contributed by atoms with Crippen molar-refractivity contribution in [1.82, 2.24) is 10.2 Å². The zero-order valence-electron chi connectivity index (χ0n) is 12.6. The molecule has 1 aliphatic heterocycles. The van der Waals surface area contributed by atoms with Crippen LogP contribution in [0.5, 0.6) is 0 Å². The van der Waals surface area contributed by atoms with Crippen LogP contribution in [0.15, 0.2) is 0 Å². The first-order valence-electron chi connectivity index (χ1n) is 8.16. The van der Waals surface area contributed by atoms with Gasteiger partial charge in [0.05, 0.1) is 0 Å². The summed E-state index contributed by atoms with van der Waals surface area (Å²) in [5.41, 5.74) is 0. The average molecular weight is 252 g/mol. The van der Waals surface area contributed by atoms with Crippen LogP contribution in [0, 0.1) is 11.8 Å². The standard InChI is InChI=1S/C16H32N2/c1-4-5-16-11-17-15(10-13(2)3)12-18(16)9-8-14-6-7-14/h13-17H,4-12H2,1-3H3. The van der Waals surface area contributed by atoms with E-state index in [9.17, 15) is 0 Å². The number of rotatable bonds is 7. The van der Waals surface area contributed by atoms with Crippen LogP contribution in [0.25, 0.3) is 0 Å². The molecule has 1 heterocycles. The van der Waals surface area contributed by atoms with Crippen LogP contribution in [-0.4, -0.2) is 36.6 Å². The molecule has 2 heteroatoms. The molecule has 0 spiro atoms. The summed E-state index contributed by atoms with van der Waals surface area (Å²) < 4.78 is 0. The Labute approximate surface area is 114 Å². The number of nitrogens with one attached hydrogen (secondary N) is 1. The highest BCUT2D eigenvalue weighted by molar-refractivity contribution is 4.87. The fourth-order valence-electron chi connectivity index (χ4n) is 3.30. The molecule has 2 rings (SSSR count). The maximum absolute atomic E-state index is 3.78. The minimum Gasteiger partial charge on any atom is -0.311 e. The van der Waals surface area contributed by atoms with E-state index in [2.05, 4.69) is 31.0 Å². The lowest BCUT2D eigenvalue weighted by Crippen LogP contribution is -2.56. The third kappa shape index (κ3) is 4.55. The highest BCUT2D eigenvalue weighted by Crippen LogP contribution is 2.33. The minimum absolute atomic E-state index is 0.734. The summed E-state index contributed by atoms with van der Waals surface area (Å²) in [6, 6.07) is 1.54. The van der Waals surface area contributed by atoms with E-state index in [-0.39, 0.29) is 0 Å². The normalized spacial score (nSPS) is 30.0. The predicted octanol–water partition coefficient (Wildman–Crippen LogP) is 3.28. The monoisotopic (exact) mass is 252 g/mol. The lowest BCUT2D eigenvalue weighted by molar-refractivity contribution is 0.112. The molecule has 1 saturated heterocycles. The van der Waals surface area contributed by atoms with E-state index in [4.69, 9.17) is 0 Å². The maximum Gasteiger partial charge on any atom is 0.0221 e. The van der Waals surface area contributed by atoms with Crippen molar-refractivity contribution in [2.75, 3.05) is 19.6 Å². The van der Waals surface area contributed by atoms with E-state index >= 15 is 0 Å². The molecule has 106 valence electrons. The average Bonchev–Trinajstić information content (AvgIpc) is 3.12. The van der Waals surface area contributed by atoms with Gasteiger partial charge in [-0.15, -0.1) is 0 Å². The van der Waals surface area contributed by atoms with Crippen LogP contribution < -0.4 is 5.32 Å². The second-order valence-corrected chi connectivity index (χ2v) is 6.90. The van der Waals surface area contributed by atoms with Crippen molar-refractivity contribution >= 4 is 0 Å². The fourth-order valence-corrected chi connectivity index (χ4v) is 3.30. The molecule has 0 bridgehead atoms. The van der Waals surface area contributed by atoms with E-state index in [0.29, 0.717) is 0 Å². The second kappa shape index (κ2) is 6.91. The molecule has 2 aliphatic rings. The summed E-state index contributed by atoms with van der Waals surface area (Å²) in [4.78, 5) is 2.80. The zero-order chi connectivity index (χ0) is 13.0. The first kappa shape index (κ1) is 14.3. The van der Waals surface area contributed by atoms with Crippen LogP contribution in [0.1, 0.15) is 59.3 Å². The SMILES string of the molecule is CCCC1CNC(CC(C)C)CN1CCC1CC1. The Balaban J connectivity index is 1.80. The van der Waals surface area contributed by atoms with Gasteiger partial charge in [0.15, 0.2) is 0 Å². The highest BCUT2D eigenvalue weighted by atomic mass is 15.2. The van der Waals surface area contributed by atoms with Crippen LogP contribution in [0.2, 0.25) is 0 Å². The van der Waals surface area contributed by atoms with Gasteiger partial charge in [-0.1, -0.05) is 40.0 Å². The molecule has 0 radical (unpaired) electrons. The number of hydrogen-bond acceptors (Lipinski definition) is 2. The zero-order valence-corrected chi connectivity index (χ0v) is 12.6. The van der Waals surface area contributed by atoms with Gasteiger partial charge < -0.3 is 5.32 Å². The number of hydrogen-bond donors (Lipinski definition) is 1. The highest BCUT2D eigenvalue weighted by Gasteiger charge is 2.29. The Morgan fingerprint density at radius 1 is 1.22 bits per heavy atom. The molecule has 2 fully saturated rings. The van der Waals surface area contributed by atoms with Crippen molar-refractivity contribution < 1.29 is 0 Å². The Bertz CT molecular complexity index is 235. The maximum atomic E-state index is 3.78. The van der Waals surface area contributed by atoms with Crippen molar-refractivity contribution in [3.8, 4) is 0 Å². The van der Waals surface area contributed by atoms with E-state index in [1.165, 1.54) is 58.2 Å².